The van der Waals surface area contributed by atoms with Gasteiger partial charge in [0.25, 0.3) is 0 Å². The first kappa shape index (κ1) is 13.8. The molecule has 0 unspecified atom stereocenters. The molecular weight excluding hydrogens is 242 g/mol. The van der Waals surface area contributed by atoms with Crippen LogP contribution in [0.15, 0.2) is 23.1 Å². The molecule has 0 aliphatic carbocycles. The maximum absolute atomic E-state index is 11.9. The van der Waals surface area contributed by atoms with Crippen molar-refractivity contribution in [2.24, 2.45) is 0 Å². The fourth-order valence-electron chi connectivity index (χ4n) is 1.36. The molecule has 0 radical (unpaired) electrons. The Kier molecular flexibility index (Phi) is 4.36. The summed E-state index contributed by atoms with van der Waals surface area (Å²) in [5.41, 5.74) is 0. The van der Waals surface area contributed by atoms with Crippen molar-refractivity contribution in [3.05, 3.63) is 18.2 Å². The lowest BCUT2D eigenvalue weighted by atomic mass is 10.3. The molecule has 1 N–H and O–H groups in total. The van der Waals surface area contributed by atoms with Gasteiger partial charge < -0.3 is 9.47 Å². The third-order valence-electron chi connectivity index (χ3n) is 2.06. The first-order chi connectivity index (χ1) is 7.90. The van der Waals surface area contributed by atoms with E-state index in [2.05, 4.69) is 4.72 Å². The monoisotopic (exact) mass is 259 g/mol. The third kappa shape index (κ3) is 3.34. The van der Waals surface area contributed by atoms with Gasteiger partial charge in [-0.05, 0) is 26.0 Å². The van der Waals surface area contributed by atoms with Gasteiger partial charge in [0, 0.05) is 12.1 Å². The molecule has 0 saturated carbocycles. The van der Waals surface area contributed by atoms with E-state index in [9.17, 15) is 8.42 Å². The Hall–Kier alpha value is -1.27. The van der Waals surface area contributed by atoms with Gasteiger partial charge >= 0.3 is 0 Å². The molecule has 0 aliphatic rings. The average Bonchev–Trinajstić information content (AvgIpc) is 2.26. The van der Waals surface area contributed by atoms with Crippen LogP contribution in [0.5, 0.6) is 11.5 Å². The summed E-state index contributed by atoms with van der Waals surface area (Å²) in [6, 6.07) is 4.32. The summed E-state index contributed by atoms with van der Waals surface area (Å²) in [4.78, 5) is 0.156. The smallest absolute Gasteiger partial charge is 0.240 e. The molecular formula is C11H17NO4S. The number of rotatable bonds is 5. The summed E-state index contributed by atoms with van der Waals surface area (Å²) in [7, 11) is -0.542. The van der Waals surface area contributed by atoms with Gasteiger partial charge in [-0.25, -0.2) is 13.1 Å². The molecule has 6 heteroatoms. The summed E-state index contributed by atoms with van der Waals surface area (Å²) < 4.78 is 36.4. The highest BCUT2D eigenvalue weighted by molar-refractivity contribution is 7.89. The van der Waals surface area contributed by atoms with Crippen LogP contribution < -0.4 is 14.2 Å². The van der Waals surface area contributed by atoms with Crippen molar-refractivity contribution in [2.45, 2.75) is 24.8 Å². The first-order valence-electron chi connectivity index (χ1n) is 5.15. The van der Waals surface area contributed by atoms with Crippen molar-refractivity contribution in [3.8, 4) is 11.5 Å². The van der Waals surface area contributed by atoms with Crippen LogP contribution in [-0.2, 0) is 10.0 Å². The van der Waals surface area contributed by atoms with Gasteiger partial charge in [0.1, 0.15) is 0 Å². The van der Waals surface area contributed by atoms with Crippen molar-refractivity contribution in [1.82, 2.24) is 4.72 Å². The molecule has 0 aliphatic heterocycles. The second-order valence-corrected chi connectivity index (χ2v) is 5.51. The Morgan fingerprint density at radius 3 is 2.18 bits per heavy atom. The predicted molar refractivity (Wildman–Crippen MR) is 65.0 cm³/mol. The van der Waals surface area contributed by atoms with Crippen molar-refractivity contribution in [1.29, 1.82) is 0 Å². The molecule has 0 atom stereocenters. The summed E-state index contributed by atoms with van der Waals surface area (Å²) in [6.07, 6.45) is 0. The maximum Gasteiger partial charge on any atom is 0.240 e. The molecule has 0 saturated heterocycles. The van der Waals surface area contributed by atoms with E-state index in [4.69, 9.17) is 9.47 Å². The van der Waals surface area contributed by atoms with Crippen LogP contribution in [0.3, 0.4) is 0 Å². The minimum Gasteiger partial charge on any atom is -0.493 e. The van der Waals surface area contributed by atoms with Crippen molar-refractivity contribution in [2.75, 3.05) is 14.2 Å². The minimum absolute atomic E-state index is 0.156. The van der Waals surface area contributed by atoms with Gasteiger partial charge in [-0.1, -0.05) is 0 Å². The van der Waals surface area contributed by atoms with Gasteiger partial charge in [0.2, 0.25) is 10.0 Å². The zero-order chi connectivity index (χ0) is 13.1. The second-order valence-electron chi connectivity index (χ2n) is 3.79. The zero-order valence-electron chi connectivity index (χ0n) is 10.4. The summed E-state index contributed by atoms with van der Waals surface area (Å²) in [5, 5.41) is 0. The standard InChI is InChI=1S/C11H17NO4S/c1-8(2)12-17(13,14)9-5-6-10(15-3)11(7-9)16-4/h5-8,12H,1-4H3. The van der Waals surface area contributed by atoms with E-state index in [0.29, 0.717) is 11.5 Å². The predicted octanol–water partition coefficient (Wildman–Crippen LogP) is 1.39. The van der Waals surface area contributed by atoms with E-state index >= 15 is 0 Å². The molecule has 0 aromatic heterocycles. The van der Waals surface area contributed by atoms with E-state index in [0.717, 1.165) is 0 Å². The topological polar surface area (TPSA) is 64.6 Å². The van der Waals surface area contributed by atoms with E-state index in [1.807, 2.05) is 0 Å². The quantitative estimate of drug-likeness (QED) is 0.868. The molecule has 0 heterocycles. The SMILES string of the molecule is COc1ccc(S(=O)(=O)NC(C)C)cc1OC. The van der Waals surface area contributed by atoms with Gasteiger partial charge in [-0.3, -0.25) is 0 Å². The molecule has 0 bridgehead atoms. The molecule has 0 spiro atoms. The molecule has 1 aromatic rings. The molecule has 1 rings (SSSR count). The lowest BCUT2D eigenvalue weighted by Crippen LogP contribution is -2.30. The van der Waals surface area contributed by atoms with Crippen LogP contribution in [0.2, 0.25) is 0 Å². The number of hydrogen-bond donors (Lipinski definition) is 1. The normalized spacial score (nSPS) is 11.6. The summed E-state index contributed by atoms with van der Waals surface area (Å²) in [5.74, 6) is 0.884. The molecule has 96 valence electrons. The van der Waals surface area contributed by atoms with E-state index in [1.54, 1.807) is 19.9 Å². The van der Waals surface area contributed by atoms with Gasteiger partial charge in [0.15, 0.2) is 11.5 Å². The number of benzene rings is 1. The zero-order valence-corrected chi connectivity index (χ0v) is 11.2. The fourth-order valence-corrected chi connectivity index (χ4v) is 2.63. The number of nitrogens with one attached hydrogen (secondary N) is 1. The van der Waals surface area contributed by atoms with Crippen molar-refractivity contribution < 1.29 is 17.9 Å². The lowest BCUT2D eigenvalue weighted by Gasteiger charge is -2.12. The highest BCUT2D eigenvalue weighted by Crippen LogP contribution is 2.29. The van der Waals surface area contributed by atoms with Crippen LogP contribution in [0, 0.1) is 0 Å². The number of methoxy groups -OCH3 is 2. The largest absolute Gasteiger partial charge is 0.493 e. The molecule has 0 fully saturated rings. The highest BCUT2D eigenvalue weighted by atomic mass is 32.2. The van der Waals surface area contributed by atoms with E-state index in [-0.39, 0.29) is 10.9 Å². The fraction of sp³-hybridized carbons (Fsp3) is 0.455. The minimum atomic E-state index is -3.50. The van der Waals surface area contributed by atoms with E-state index < -0.39 is 10.0 Å². The summed E-state index contributed by atoms with van der Waals surface area (Å²) >= 11 is 0. The van der Waals surface area contributed by atoms with Gasteiger partial charge in [-0.2, -0.15) is 0 Å². The van der Waals surface area contributed by atoms with Crippen molar-refractivity contribution >= 4 is 10.0 Å². The Balaban J connectivity index is 3.16. The van der Waals surface area contributed by atoms with Crippen LogP contribution in [0.4, 0.5) is 0 Å². The number of ether oxygens (including phenoxy) is 2. The lowest BCUT2D eigenvalue weighted by molar-refractivity contribution is 0.354. The third-order valence-corrected chi connectivity index (χ3v) is 3.71. The van der Waals surface area contributed by atoms with Crippen molar-refractivity contribution in [3.63, 3.8) is 0 Å². The average molecular weight is 259 g/mol. The Morgan fingerprint density at radius 2 is 1.71 bits per heavy atom. The summed E-state index contributed by atoms with van der Waals surface area (Å²) in [6.45, 7) is 3.52. The Labute approximate surface area is 102 Å². The maximum atomic E-state index is 11.9. The van der Waals surface area contributed by atoms with Crippen LogP contribution in [-0.4, -0.2) is 28.7 Å². The Bertz CT molecular complexity index is 482. The number of sulfonamides is 1. The second kappa shape index (κ2) is 5.37. The van der Waals surface area contributed by atoms with Crippen LogP contribution in [0.1, 0.15) is 13.8 Å². The number of hydrogen-bond acceptors (Lipinski definition) is 4. The van der Waals surface area contributed by atoms with E-state index in [1.165, 1.54) is 26.4 Å². The van der Waals surface area contributed by atoms with Gasteiger partial charge in [0.05, 0.1) is 19.1 Å². The molecule has 5 nitrogen and oxygen atoms in total. The molecule has 17 heavy (non-hydrogen) atoms. The van der Waals surface area contributed by atoms with Crippen LogP contribution in [0.25, 0.3) is 0 Å². The van der Waals surface area contributed by atoms with Crippen LogP contribution >= 0.6 is 0 Å². The molecule has 0 amide bonds. The Morgan fingerprint density at radius 1 is 1.12 bits per heavy atom. The first-order valence-corrected chi connectivity index (χ1v) is 6.63. The van der Waals surface area contributed by atoms with Gasteiger partial charge in [-0.15, -0.1) is 0 Å². The molecule has 1 aromatic carbocycles. The highest BCUT2D eigenvalue weighted by Gasteiger charge is 2.17.